The number of nitrogens with zero attached hydrogens (tertiary/aromatic N) is 4. The van der Waals surface area contributed by atoms with Crippen LogP contribution in [0.5, 0.6) is 17.5 Å². The summed E-state index contributed by atoms with van der Waals surface area (Å²) in [5.41, 5.74) is 2.70. The van der Waals surface area contributed by atoms with Gasteiger partial charge in [0.1, 0.15) is 17.2 Å². The van der Waals surface area contributed by atoms with Gasteiger partial charge in [0.15, 0.2) is 5.65 Å². The van der Waals surface area contributed by atoms with Gasteiger partial charge in [-0.25, -0.2) is 4.68 Å². The van der Waals surface area contributed by atoms with Crippen LogP contribution in [0.4, 0.5) is 0 Å². The fourth-order valence-corrected chi connectivity index (χ4v) is 4.25. The van der Waals surface area contributed by atoms with Crippen LogP contribution in [0.3, 0.4) is 0 Å². The van der Waals surface area contributed by atoms with E-state index in [0.717, 1.165) is 31.4 Å². The Morgan fingerprint density at radius 3 is 2.55 bits per heavy atom. The van der Waals surface area contributed by atoms with E-state index in [-0.39, 0.29) is 17.8 Å². The minimum Gasteiger partial charge on any atom is -0.479 e. The summed E-state index contributed by atoms with van der Waals surface area (Å²) in [7, 11) is 0. The number of benzene rings is 2. The monoisotopic (exact) mass is 413 g/mol. The molecule has 1 saturated carbocycles. The van der Waals surface area contributed by atoms with Crippen LogP contribution in [0.2, 0.25) is 0 Å². The summed E-state index contributed by atoms with van der Waals surface area (Å²) in [4.78, 5) is 8.40. The maximum atomic E-state index is 9.99. The van der Waals surface area contributed by atoms with E-state index < -0.39 is 0 Å². The molecule has 7 nitrogen and oxygen atoms in total. The largest absolute Gasteiger partial charge is 0.479 e. The highest BCUT2D eigenvalue weighted by Gasteiger charge is 2.26. The molecule has 4 aromatic rings. The second-order valence-electron chi connectivity index (χ2n) is 7.86. The number of hydrogen-bond donors (Lipinski definition) is 2. The molecular weight excluding hydrogens is 390 g/mol. The zero-order chi connectivity index (χ0) is 21.4. The van der Waals surface area contributed by atoms with Gasteiger partial charge in [0.05, 0.1) is 22.8 Å². The predicted molar refractivity (Wildman–Crippen MR) is 118 cm³/mol. The van der Waals surface area contributed by atoms with Gasteiger partial charge < -0.3 is 9.84 Å². The van der Waals surface area contributed by atoms with Crippen LogP contribution >= 0.6 is 0 Å². The summed E-state index contributed by atoms with van der Waals surface area (Å²) >= 11 is 0. The Kier molecular flexibility index (Phi) is 4.86. The Morgan fingerprint density at radius 1 is 1.03 bits per heavy atom. The van der Waals surface area contributed by atoms with Crippen molar-refractivity contribution < 1.29 is 9.84 Å². The number of ether oxygens (including phenoxy) is 1. The van der Waals surface area contributed by atoms with Crippen molar-refractivity contribution in [2.24, 2.45) is 0 Å². The van der Waals surface area contributed by atoms with Gasteiger partial charge in [0, 0.05) is 5.56 Å². The van der Waals surface area contributed by atoms with Crippen molar-refractivity contribution in [2.45, 2.75) is 38.6 Å². The first kappa shape index (κ1) is 19.2. The first-order chi connectivity index (χ1) is 15.1. The number of aromatic hydroxyl groups is 1. The Balaban J connectivity index is 1.56. The van der Waals surface area contributed by atoms with Gasteiger partial charge >= 0.3 is 6.01 Å². The third-order valence-corrected chi connectivity index (χ3v) is 5.73. The van der Waals surface area contributed by atoms with E-state index in [2.05, 4.69) is 9.97 Å². The van der Waals surface area contributed by atoms with Crippen LogP contribution in [0.1, 0.15) is 48.7 Å². The first-order valence-corrected chi connectivity index (χ1v) is 10.5. The Morgan fingerprint density at radius 2 is 1.77 bits per heavy atom. The number of fused-ring (bicyclic) bond motifs is 1. The van der Waals surface area contributed by atoms with Gasteiger partial charge in [-0.2, -0.15) is 15.1 Å². The van der Waals surface area contributed by atoms with Gasteiger partial charge in [-0.1, -0.05) is 43.2 Å². The van der Waals surface area contributed by atoms with Crippen molar-refractivity contribution in [3.05, 3.63) is 71.5 Å². The lowest BCUT2D eigenvalue weighted by molar-refractivity contribution is 0.426. The van der Waals surface area contributed by atoms with Gasteiger partial charge in [-0.15, -0.1) is 0 Å². The molecule has 0 saturated heterocycles. The molecule has 2 N–H and O–H groups in total. The fraction of sp³-hybridized carbons (Fsp3) is 0.250. The second-order valence-corrected chi connectivity index (χ2v) is 7.86. The highest BCUT2D eigenvalue weighted by Crippen LogP contribution is 2.34. The van der Waals surface area contributed by atoms with E-state index in [9.17, 15) is 5.11 Å². The normalized spacial score (nSPS) is 14.2. The van der Waals surface area contributed by atoms with E-state index in [4.69, 9.17) is 15.2 Å². The lowest BCUT2D eigenvalue weighted by Gasteiger charge is -2.10. The van der Waals surface area contributed by atoms with Crippen LogP contribution in [-0.2, 0) is 0 Å². The molecule has 7 heteroatoms. The molecule has 0 spiro atoms. The smallest absolute Gasteiger partial charge is 0.316 e. The molecule has 31 heavy (non-hydrogen) atoms. The summed E-state index contributed by atoms with van der Waals surface area (Å²) in [5, 5.41) is 24.4. The van der Waals surface area contributed by atoms with Crippen molar-refractivity contribution >= 4 is 16.7 Å². The van der Waals surface area contributed by atoms with Crippen molar-refractivity contribution in [3.8, 4) is 17.5 Å². The average Bonchev–Trinajstić information content (AvgIpc) is 3.42. The number of para-hydroxylation sites is 1. The summed E-state index contributed by atoms with van der Waals surface area (Å²) in [5.74, 6) is 1.39. The molecule has 0 bridgehead atoms. The van der Waals surface area contributed by atoms with Crippen molar-refractivity contribution in [1.29, 1.82) is 5.41 Å². The number of aromatic nitrogens is 4. The summed E-state index contributed by atoms with van der Waals surface area (Å²) in [6, 6.07) is 17.0. The molecule has 156 valence electrons. The number of nitrogens with one attached hydrogen (secondary N) is 1. The Bertz CT molecular complexity index is 1260. The second kappa shape index (κ2) is 7.83. The fourth-order valence-electron chi connectivity index (χ4n) is 4.25. The number of rotatable bonds is 5. The summed E-state index contributed by atoms with van der Waals surface area (Å²) < 4.78 is 7.82. The molecule has 0 unspecified atom stereocenters. The van der Waals surface area contributed by atoms with Crippen LogP contribution in [0.15, 0.2) is 54.6 Å². The SMILES string of the molecule is Cc1nc(O)nc2c1c(C(=N)c1cccc(Oc3ccccc3)c1)nn2C1CCCC1. The zero-order valence-electron chi connectivity index (χ0n) is 17.2. The van der Waals surface area contributed by atoms with Crippen LogP contribution in [-0.4, -0.2) is 30.6 Å². The van der Waals surface area contributed by atoms with Gasteiger partial charge in [0.25, 0.3) is 0 Å². The summed E-state index contributed by atoms with van der Waals surface area (Å²) in [6.07, 6.45) is 4.34. The molecule has 0 amide bonds. The minimum atomic E-state index is -0.263. The van der Waals surface area contributed by atoms with E-state index in [1.54, 1.807) is 0 Å². The molecular formula is C24H23N5O2. The molecule has 0 radical (unpaired) electrons. The number of aryl methyl sites for hydroxylation is 1. The predicted octanol–water partition coefficient (Wildman–Crippen LogP) is 5.16. The maximum Gasteiger partial charge on any atom is 0.316 e. The molecule has 5 rings (SSSR count). The van der Waals surface area contributed by atoms with Gasteiger partial charge in [0.2, 0.25) is 0 Å². The third-order valence-electron chi connectivity index (χ3n) is 5.73. The molecule has 0 aliphatic heterocycles. The van der Waals surface area contributed by atoms with E-state index in [1.165, 1.54) is 0 Å². The Hall–Kier alpha value is -3.74. The maximum absolute atomic E-state index is 9.99. The van der Waals surface area contributed by atoms with E-state index in [0.29, 0.717) is 33.7 Å². The lowest BCUT2D eigenvalue weighted by Crippen LogP contribution is -2.09. The molecule has 1 aliphatic carbocycles. The average molecular weight is 413 g/mol. The summed E-state index contributed by atoms with van der Waals surface area (Å²) in [6.45, 7) is 1.82. The topological polar surface area (TPSA) is 96.9 Å². The quantitative estimate of drug-likeness (QED) is 0.440. The number of hydrogen-bond acceptors (Lipinski definition) is 6. The van der Waals surface area contributed by atoms with Crippen LogP contribution in [0.25, 0.3) is 11.0 Å². The van der Waals surface area contributed by atoms with E-state index >= 15 is 0 Å². The molecule has 1 fully saturated rings. The lowest BCUT2D eigenvalue weighted by atomic mass is 10.0. The van der Waals surface area contributed by atoms with Crippen molar-refractivity contribution in [1.82, 2.24) is 19.7 Å². The molecule has 2 aromatic heterocycles. The standard InChI is InChI=1S/C24H23N5O2/c1-15-20-22(28-29(17-9-5-6-10-17)23(20)27-24(30)26-15)21(25)16-8-7-13-19(14-16)31-18-11-3-2-4-12-18/h2-4,7-8,11-14,17,25H,5-6,9-10H2,1H3,(H,26,27,30). The molecule has 2 aromatic carbocycles. The van der Waals surface area contributed by atoms with Gasteiger partial charge in [-0.05, 0) is 44.0 Å². The van der Waals surface area contributed by atoms with Crippen molar-refractivity contribution in [2.75, 3.05) is 0 Å². The van der Waals surface area contributed by atoms with Crippen LogP contribution < -0.4 is 4.74 Å². The molecule has 2 heterocycles. The first-order valence-electron chi connectivity index (χ1n) is 10.5. The van der Waals surface area contributed by atoms with Crippen LogP contribution in [0, 0.1) is 12.3 Å². The Labute approximate surface area is 179 Å². The molecule has 1 aliphatic rings. The third kappa shape index (κ3) is 3.63. The van der Waals surface area contributed by atoms with Crippen molar-refractivity contribution in [3.63, 3.8) is 0 Å². The zero-order valence-corrected chi connectivity index (χ0v) is 17.2. The minimum absolute atomic E-state index is 0.227. The molecule has 0 atom stereocenters. The highest BCUT2D eigenvalue weighted by molar-refractivity contribution is 6.16. The highest BCUT2D eigenvalue weighted by atomic mass is 16.5. The van der Waals surface area contributed by atoms with Gasteiger partial charge in [-0.3, -0.25) is 5.41 Å². The van der Waals surface area contributed by atoms with E-state index in [1.807, 2.05) is 66.2 Å².